The third-order valence-corrected chi connectivity index (χ3v) is 5.21. The topological polar surface area (TPSA) is 57.2 Å². The van der Waals surface area contributed by atoms with Crippen molar-refractivity contribution in [3.8, 4) is 23.0 Å². The summed E-state index contributed by atoms with van der Waals surface area (Å²) in [5.41, 5.74) is 0.935. The van der Waals surface area contributed by atoms with Crippen LogP contribution in [0.1, 0.15) is 28.8 Å². The molecule has 0 radical (unpaired) electrons. The Labute approximate surface area is 174 Å². The summed E-state index contributed by atoms with van der Waals surface area (Å²) in [6, 6.07) is 7.84. The Morgan fingerprint density at radius 1 is 1.13 bits per heavy atom. The van der Waals surface area contributed by atoms with Crippen LogP contribution in [0.2, 0.25) is 0 Å². The van der Waals surface area contributed by atoms with E-state index < -0.39 is 5.82 Å². The number of likely N-dealkylation sites (tertiary alicyclic amines) is 1. The van der Waals surface area contributed by atoms with Crippen LogP contribution in [0, 0.1) is 5.82 Å². The number of methoxy groups -OCH3 is 1. The fourth-order valence-corrected chi connectivity index (χ4v) is 3.57. The zero-order chi connectivity index (χ0) is 20.9. The van der Waals surface area contributed by atoms with Crippen LogP contribution in [0.4, 0.5) is 4.39 Å². The van der Waals surface area contributed by atoms with Crippen molar-refractivity contribution in [1.29, 1.82) is 0 Å². The van der Waals surface area contributed by atoms with E-state index in [9.17, 15) is 9.18 Å². The Hall–Kier alpha value is -3.06. The first kappa shape index (κ1) is 20.2. The third-order valence-electron chi connectivity index (χ3n) is 5.21. The van der Waals surface area contributed by atoms with E-state index in [-0.39, 0.29) is 18.3 Å². The standard InChI is InChI=1S/C23H24FNO5/c1-27-20-7-5-16(12-18(20)24)4-6-19(26)17-13-22-23(30-15-29-22)14-21(17)28-11-10-25-8-2-3-9-25/h4-7,12-14H,2-3,8-11,15H2,1H3. The SMILES string of the molecule is COc1ccc(C=CC(=O)c2cc3c(cc2OCCN2CCCC2)OCO3)cc1F. The molecule has 0 N–H and O–H groups in total. The van der Waals surface area contributed by atoms with Gasteiger partial charge in [-0.25, -0.2) is 4.39 Å². The number of carbonyl (C=O) groups is 1. The molecule has 0 spiro atoms. The maximum Gasteiger partial charge on any atom is 0.231 e. The van der Waals surface area contributed by atoms with Crippen LogP contribution in [-0.4, -0.2) is 50.8 Å². The van der Waals surface area contributed by atoms with Crippen molar-refractivity contribution in [3.63, 3.8) is 0 Å². The van der Waals surface area contributed by atoms with E-state index in [0.717, 1.165) is 19.6 Å². The molecule has 7 heteroatoms. The molecule has 2 heterocycles. The average molecular weight is 413 g/mol. The lowest BCUT2D eigenvalue weighted by atomic mass is 10.1. The number of carbonyl (C=O) groups excluding carboxylic acids is 1. The molecule has 0 bridgehead atoms. The Morgan fingerprint density at radius 2 is 1.90 bits per heavy atom. The number of allylic oxidation sites excluding steroid dienone is 1. The summed E-state index contributed by atoms with van der Waals surface area (Å²) < 4.78 is 35.6. The lowest BCUT2D eigenvalue weighted by molar-refractivity contribution is 0.104. The summed E-state index contributed by atoms with van der Waals surface area (Å²) in [4.78, 5) is 15.2. The van der Waals surface area contributed by atoms with Gasteiger partial charge in [-0.2, -0.15) is 0 Å². The maximum atomic E-state index is 13.9. The van der Waals surface area contributed by atoms with Crippen LogP contribution in [0.3, 0.4) is 0 Å². The minimum atomic E-state index is -0.485. The molecule has 6 nitrogen and oxygen atoms in total. The molecule has 2 aromatic rings. The average Bonchev–Trinajstić information content (AvgIpc) is 3.43. The molecule has 0 atom stereocenters. The molecule has 4 rings (SSSR count). The monoisotopic (exact) mass is 413 g/mol. The second kappa shape index (κ2) is 9.17. The quantitative estimate of drug-likeness (QED) is 0.483. The minimum absolute atomic E-state index is 0.112. The van der Waals surface area contributed by atoms with Crippen LogP contribution < -0.4 is 18.9 Å². The van der Waals surface area contributed by atoms with Gasteiger partial charge in [-0.1, -0.05) is 12.1 Å². The molecule has 0 aliphatic carbocycles. The van der Waals surface area contributed by atoms with Gasteiger partial charge in [0.15, 0.2) is 28.8 Å². The Kier molecular flexibility index (Phi) is 6.18. The van der Waals surface area contributed by atoms with Gasteiger partial charge in [0.05, 0.1) is 12.7 Å². The summed E-state index contributed by atoms with van der Waals surface area (Å²) in [6.45, 7) is 3.56. The lowest BCUT2D eigenvalue weighted by Gasteiger charge is -2.16. The number of rotatable bonds is 8. The normalized spacial score (nSPS) is 15.7. The number of nitrogens with zero attached hydrogens (tertiary/aromatic N) is 1. The molecule has 2 aliphatic rings. The molecule has 1 saturated heterocycles. The predicted molar refractivity (Wildman–Crippen MR) is 110 cm³/mol. The van der Waals surface area contributed by atoms with Crippen molar-refractivity contribution in [3.05, 3.63) is 53.4 Å². The predicted octanol–water partition coefficient (Wildman–Crippen LogP) is 3.93. The van der Waals surface area contributed by atoms with Gasteiger partial charge >= 0.3 is 0 Å². The molecule has 0 amide bonds. The molecule has 1 fully saturated rings. The van der Waals surface area contributed by atoms with E-state index in [2.05, 4.69) is 4.90 Å². The van der Waals surface area contributed by atoms with Crippen molar-refractivity contribution < 1.29 is 28.1 Å². The second-order valence-corrected chi connectivity index (χ2v) is 7.19. The van der Waals surface area contributed by atoms with E-state index in [4.69, 9.17) is 18.9 Å². The fraction of sp³-hybridized carbons (Fsp3) is 0.348. The number of ketones is 1. The number of fused-ring (bicyclic) bond motifs is 1. The Bertz CT molecular complexity index is 953. The molecule has 158 valence electrons. The summed E-state index contributed by atoms with van der Waals surface area (Å²) >= 11 is 0. The minimum Gasteiger partial charge on any atom is -0.494 e. The van der Waals surface area contributed by atoms with Gasteiger partial charge in [0, 0.05) is 12.6 Å². The van der Waals surface area contributed by atoms with Gasteiger partial charge in [-0.3, -0.25) is 9.69 Å². The number of ether oxygens (including phenoxy) is 4. The summed E-state index contributed by atoms with van der Waals surface area (Å²) in [7, 11) is 1.41. The summed E-state index contributed by atoms with van der Waals surface area (Å²) in [5, 5.41) is 0. The molecule has 2 aromatic carbocycles. The first-order valence-corrected chi connectivity index (χ1v) is 9.99. The Balaban J connectivity index is 1.50. The van der Waals surface area contributed by atoms with Gasteiger partial charge in [-0.15, -0.1) is 0 Å². The molecule has 0 unspecified atom stereocenters. The zero-order valence-electron chi connectivity index (χ0n) is 16.9. The highest BCUT2D eigenvalue weighted by Crippen LogP contribution is 2.38. The van der Waals surface area contributed by atoms with Crippen LogP contribution in [-0.2, 0) is 0 Å². The first-order valence-electron chi connectivity index (χ1n) is 9.99. The van der Waals surface area contributed by atoms with Gasteiger partial charge in [0.1, 0.15) is 12.4 Å². The smallest absolute Gasteiger partial charge is 0.231 e. The largest absolute Gasteiger partial charge is 0.494 e. The van der Waals surface area contributed by atoms with Gasteiger partial charge < -0.3 is 18.9 Å². The molecule has 0 saturated carbocycles. The van der Waals surface area contributed by atoms with Crippen molar-refractivity contribution in [1.82, 2.24) is 4.90 Å². The summed E-state index contributed by atoms with van der Waals surface area (Å²) in [5.74, 6) is 0.928. The number of benzene rings is 2. The summed E-state index contributed by atoms with van der Waals surface area (Å²) in [6.07, 6.45) is 5.38. The third kappa shape index (κ3) is 4.57. The van der Waals surface area contributed by atoms with Gasteiger partial charge in [0.2, 0.25) is 6.79 Å². The zero-order valence-corrected chi connectivity index (χ0v) is 16.9. The second-order valence-electron chi connectivity index (χ2n) is 7.19. The highest BCUT2D eigenvalue weighted by atomic mass is 19.1. The van der Waals surface area contributed by atoms with Gasteiger partial charge in [0.25, 0.3) is 0 Å². The van der Waals surface area contributed by atoms with Crippen molar-refractivity contribution >= 4 is 11.9 Å². The van der Waals surface area contributed by atoms with Crippen molar-refractivity contribution in [2.75, 3.05) is 40.1 Å². The van der Waals surface area contributed by atoms with Crippen molar-refractivity contribution in [2.24, 2.45) is 0 Å². The van der Waals surface area contributed by atoms with E-state index in [0.29, 0.717) is 35.0 Å². The highest BCUT2D eigenvalue weighted by molar-refractivity contribution is 6.09. The molecular formula is C23H24FNO5. The van der Waals surface area contributed by atoms with E-state index in [1.165, 1.54) is 38.2 Å². The van der Waals surface area contributed by atoms with Crippen LogP contribution >= 0.6 is 0 Å². The highest BCUT2D eigenvalue weighted by Gasteiger charge is 2.21. The van der Waals surface area contributed by atoms with Gasteiger partial charge in [-0.05, 0) is 55.8 Å². The lowest BCUT2D eigenvalue weighted by Crippen LogP contribution is -2.25. The van der Waals surface area contributed by atoms with Crippen LogP contribution in [0.25, 0.3) is 6.08 Å². The van der Waals surface area contributed by atoms with E-state index in [1.54, 1.807) is 24.3 Å². The maximum absolute atomic E-state index is 13.9. The first-order chi connectivity index (χ1) is 14.6. The number of halogens is 1. The van der Waals surface area contributed by atoms with E-state index in [1.807, 2.05) is 0 Å². The molecule has 2 aliphatic heterocycles. The fourth-order valence-electron chi connectivity index (χ4n) is 3.57. The molecule has 0 aromatic heterocycles. The number of hydrogen-bond donors (Lipinski definition) is 0. The molecule has 30 heavy (non-hydrogen) atoms. The van der Waals surface area contributed by atoms with Crippen molar-refractivity contribution in [2.45, 2.75) is 12.8 Å². The number of hydrogen-bond acceptors (Lipinski definition) is 6. The van der Waals surface area contributed by atoms with E-state index >= 15 is 0 Å². The van der Waals surface area contributed by atoms with Crippen LogP contribution in [0.15, 0.2) is 36.4 Å². The van der Waals surface area contributed by atoms with Crippen LogP contribution in [0.5, 0.6) is 23.0 Å². The Morgan fingerprint density at radius 3 is 2.63 bits per heavy atom. The molecular weight excluding hydrogens is 389 g/mol.